The molecule has 0 N–H and O–H groups in total. The standard InChI is InChI=1S/C15H16ClS.CHF3O4S/c1-12-8-9-15(10-13(12)2)17(11-16)14-6-4-3-5-7-14;2-1(3,4)8-9(5,6)7/h3-10H,11H2,1-2H3;(H,5,6,7)/q+1;/p-1. The van der Waals surface area contributed by atoms with E-state index in [0.29, 0.717) is 5.21 Å². The fourth-order valence-corrected chi connectivity index (χ4v) is 4.38. The topological polar surface area (TPSA) is 66.4 Å². The maximum absolute atomic E-state index is 10.8. The molecule has 144 valence electrons. The third-order valence-electron chi connectivity index (χ3n) is 3.10. The highest BCUT2D eigenvalue weighted by Crippen LogP contribution is 2.26. The lowest BCUT2D eigenvalue weighted by Crippen LogP contribution is -2.18. The molecule has 4 nitrogen and oxygen atoms in total. The van der Waals surface area contributed by atoms with Gasteiger partial charge in [-0.05, 0) is 49.2 Å². The maximum Gasteiger partial charge on any atom is 0.536 e. The lowest BCUT2D eigenvalue weighted by molar-refractivity contribution is -0.275. The van der Waals surface area contributed by atoms with Crippen LogP contribution in [0.5, 0.6) is 0 Å². The van der Waals surface area contributed by atoms with E-state index in [0.717, 1.165) is 0 Å². The van der Waals surface area contributed by atoms with E-state index in [-0.39, 0.29) is 10.9 Å². The third kappa shape index (κ3) is 8.41. The van der Waals surface area contributed by atoms with Crippen LogP contribution >= 0.6 is 11.6 Å². The van der Waals surface area contributed by atoms with E-state index in [9.17, 15) is 13.2 Å². The normalized spacial score (nSPS) is 12.9. The first kappa shape index (κ1) is 22.8. The third-order valence-corrected chi connectivity index (χ3v) is 6.03. The molecule has 10 heteroatoms. The molecule has 26 heavy (non-hydrogen) atoms. The van der Waals surface area contributed by atoms with Gasteiger partial charge in [0.2, 0.25) is 10.4 Å². The number of halogens is 4. The number of rotatable bonds is 4. The Morgan fingerprint density at radius 1 is 1.04 bits per heavy atom. The van der Waals surface area contributed by atoms with Gasteiger partial charge in [0.05, 0.1) is 10.9 Å². The molecular formula is C16H16ClF3O4S2. The fourth-order valence-electron chi connectivity index (χ4n) is 1.83. The highest BCUT2D eigenvalue weighted by atomic mass is 35.5. The van der Waals surface area contributed by atoms with Crippen molar-refractivity contribution < 1.29 is 30.3 Å². The van der Waals surface area contributed by atoms with Crippen molar-refractivity contribution in [1.29, 1.82) is 0 Å². The van der Waals surface area contributed by atoms with Crippen molar-refractivity contribution in [1.82, 2.24) is 0 Å². The Hall–Kier alpha value is -1.26. The van der Waals surface area contributed by atoms with Gasteiger partial charge in [0, 0.05) is 0 Å². The molecule has 0 saturated heterocycles. The van der Waals surface area contributed by atoms with Gasteiger partial charge in [-0.3, -0.25) is 0 Å². The molecule has 0 aliphatic carbocycles. The first-order chi connectivity index (χ1) is 11.9. The number of alkyl halides is 4. The summed E-state index contributed by atoms with van der Waals surface area (Å²) in [6.07, 6.45) is -5.42. The van der Waals surface area contributed by atoms with Crippen molar-refractivity contribution in [2.75, 3.05) is 5.21 Å². The van der Waals surface area contributed by atoms with Crippen LogP contribution in [0, 0.1) is 13.8 Å². The van der Waals surface area contributed by atoms with Gasteiger partial charge < -0.3 is 4.55 Å². The number of aryl methyl sites for hydroxylation is 2. The summed E-state index contributed by atoms with van der Waals surface area (Å²) in [5, 5.41) is 0.645. The Labute approximate surface area is 158 Å². The molecule has 2 aromatic rings. The van der Waals surface area contributed by atoms with Gasteiger partial charge in [0.1, 0.15) is 0 Å². The van der Waals surface area contributed by atoms with Gasteiger partial charge in [-0.15, -0.1) is 13.2 Å². The monoisotopic (exact) mass is 428 g/mol. The minimum atomic E-state index is -5.66. The summed E-state index contributed by atoms with van der Waals surface area (Å²) in [6, 6.07) is 17.1. The molecule has 0 bridgehead atoms. The Kier molecular flexibility index (Phi) is 8.42. The molecule has 0 aromatic heterocycles. The van der Waals surface area contributed by atoms with Gasteiger partial charge in [0.25, 0.3) is 0 Å². The second-order valence-electron chi connectivity index (χ2n) is 5.00. The minimum absolute atomic E-state index is 0.0113. The molecule has 2 aromatic carbocycles. The number of benzene rings is 2. The van der Waals surface area contributed by atoms with E-state index in [1.807, 2.05) is 10.2 Å². The van der Waals surface area contributed by atoms with Crippen LogP contribution in [0.15, 0.2) is 58.3 Å². The maximum atomic E-state index is 10.8. The molecule has 0 spiro atoms. The van der Waals surface area contributed by atoms with Crippen molar-refractivity contribution in [3.63, 3.8) is 0 Å². The zero-order valence-corrected chi connectivity index (χ0v) is 16.2. The summed E-state index contributed by atoms with van der Waals surface area (Å²) in [4.78, 5) is 2.64. The van der Waals surface area contributed by atoms with Crippen molar-refractivity contribution in [3.8, 4) is 0 Å². The zero-order valence-electron chi connectivity index (χ0n) is 13.8. The second-order valence-corrected chi connectivity index (χ2v) is 8.58. The highest BCUT2D eigenvalue weighted by molar-refractivity contribution is 7.98. The van der Waals surface area contributed by atoms with Crippen LogP contribution in [0.25, 0.3) is 0 Å². The van der Waals surface area contributed by atoms with Crippen LogP contribution in [0.1, 0.15) is 11.1 Å². The summed E-state index contributed by atoms with van der Waals surface area (Å²) in [6.45, 7) is 4.29. The van der Waals surface area contributed by atoms with Crippen LogP contribution in [0.4, 0.5) is 13.2 Å². The smallest absolute Gasteiger partial charge is 0.536 e. The van der Waals surface area contributed by atoms with Gasteiger partial charge >= 0.3 is 6.36 Å². The average Bonchev–Trinajstić information content (AvgIpc) is 2.50. The first-order valence-corrected chi connectivity index (χ1v) is 10.3. The summed E-state index contributed by atoms with van der Waals surface area (Å²) >= 11 is 6.14. The number of hydrogen-bond donors (Lipinski definition) is 0. The molecular weight excluding hydrogens is 413 g/mol. The molecule has 0 amide bonds. The van der Waals surface area contributed by atoms with Crippen LogP contribution in [-0.4, -0.2) is 24.5 Å². The van der Waals surface area contributed by atoms with Crippen LogP contribution in [0.2, 0.25) is 0 Å². The van der Waals surface area contributed by atoms with Crippen molar-refractivity contribution in [3.05, 3.63) is 59.7 Å². The van der Waals surface area contributed by atoms with Crippen LogP contribution in [0.3, 0.4) is 0 Å². The summed E-state index contributed by atoms with van der Waals surface area (Å²) < 4.78 is 61.7. The zero-order chi connectivity index (χ0) is 20.0. The van der Waals surface area contributed by atoms with Gasteiger partial charge in [0.15, 0.2) is 15.0 Å². The van der Waals surface area contributed by atoms with Crippen LogP contribution < -0.4 is 0 Å². The molecule has 0 aliphatic heterocycles. The van der Waals surface area contributed by atoms with Crippen molar-refractivity contribution >= 4 is 32.9 Å². The Balaban J connectivity index is 0.000000321. The number of hydrogen-bond acceptors (Lipinski definition) is 4. The van der Waals surface area contributed by atoms with Crippen LogP contribution in [-0.2, 0) is 25.5 Å². The molecule has 1 unspecified atom stereocenters. The Bertz CT molecular complexity index is 812. The second kappa shape index (κ2) is 9.61. The molecule has 0 fully saturated rings. The van der Waals surface area contributed by atoms with Gasteiger partial charge in [-0.2, -0.15) is 4.18 Å². The molecule has 1 atom stereocenters. The largest absolute Gasteiger partial charge is 0.725 e. The quantitative estimate of drug-likeness (QED) is 0.311. The molecule has 0 heterocycles. The predicted octanol–water partition coefficient (Wildman–Crippen LogP) is 4.52. The summed E-state index contributed by atoms with van der Waals surface area (Å²) in [7, 11) is -5.67. The van der Waals surface area contributed by atoms with E-state index >= 15 is 0 Å². The van der Waals surface area contributed by atoms with Gasteiger partial charge in [-0.1, -0.05) is 35.9 Å². The lowest BCUT2D eigenvalue weighted by Gasteiger charge is -2.08. The highest BCUT2D eigenvalue weighted by Gasteiger charge is 2.32. The van der Waals surface area contributed by atoms with E-state index in [2.05, 4.69) is 56.3 Å². The SMILES string of the molecule is Cc1ccc([S+](CCl)c2ccccc2)cc1C.O=S(=O)([O-])OC(F)(F)F. The first-order valence-electron chi connectivity index (χ1n) is 7.05. The molecule has 0 saturated carbocycles. The lowest BCUT2D eigenvalue weighted by atomic mass is 10.1. The van der Waals surface area contributed by atoms with Gasteiger partial charge in [-0.25, -0.2) is 8.42 Å². The van der Waals surface area contributed by atoms with Crippen molar-refractivity contribution in [2.24, 2.45) is 0 Å². The van der Waals surface area contributed by atoms with E-state index in [1.165, 1.54) is 20.9 Å². The Morgan fingerprint density at radius 2 is 1.62 bits per heavy atom. The molecule has 2 rings (SSSR count). The predicted molar refractivity (Wildman–Crippen MR) is 93.8 cm³/mol. The van der Waals surface area contributed by atoms with Crippen molar-refractivity contribution in [2.45, 2.75) is 30.0 Å². The Morgan fingerprint density at radius 3 is 2.00 bits per heavy atom. The fraction of sp³-hybridized carbons (Fsp3) is 0.250. The molecule has 0 radical (unpaired) electrons. The summed E-state index contributed by atoms with van der Waals surface area (Å²) in [5.41, 5.74) is 2.67. The van der Waals surface area contributed by atoms with E-state index in [4.69, 9.17) is 24.6 Å². The minimum Gasteiger partial charge on any atom is -0.725 e. The molecule has 0 aliphatic rings. The van der Waals surface area contributed by atoms with E-state index in [1.54, 1.807) is 0 Å². The average molecular weight is 429 g/mol. The van der Waals surface area contributed by atoms with E-state index < -0.39 is 16.8 Å². The summed E-state index contributed by atoms with van der Waals surface area (Å²) in [5.74, 6) is 0.